The summed E-state index contributed by atoms with van der Waals surface area (Å²) in [6.45, 7) is 0. The van der Waals surface area contributed by atoms with Gasteiger partial charge in [0.25, 0.3) is 5.69 Å². The van der Waals surface area contributed by atoms with Gasteiger partial charge in [-0.1, -0.05) is 36.4 Å². The molecule has 2 aromatic rings. The van der Waals surface area contributed by atoms with Crippen LogP contribution in [0.3, 0.4) is 0 Å². The van der Waals surface area contributed by atoms with Crippen LogP contribution in [0.4, 0.5) is 5.69 Å². The zero-order valence-corrected chi connectivity index (χ0v) is 12.2. The van der Waals surface area contributed by atoms with Gasteiger partial charge in [0, 0.05) is 12.1 Å². The lowest BCUT2D eigenvalue weighted by Crippen LogP contribution is -1.86. The van der Waals surface area contributed by atoms with Crippen molar-refractivity contribution in [1.29, 1.82) is 5.26 Å². The maximum Gasteiger partial charge on any atom is 0.269 e. The maximum atomic E-state index is 10.3. The second-order valence-corrected chi connectivity index (χ2v) is 4.21. The molecule has 0 fully saturated rings. The first kappa shape index (κ1) is 17.5. The summed E-state index contributed by atoms with van der Waals surface area (Å²) in [5.74, 6) is 0. The SMILES string of the molecule is N#Cc1ccccc1.O=C/C=C/C=C/c1ccc([N+](=O)[O-])cc1. The van der Waals surface area contributed by atoms with Crippen LogP contribution >= 0.6 is 0 Å². The predicted molar refractivity (Wildman–Crippen MR) is 88.5 cm³/mol. The van der Waals surface area contributed by atoms with E-state index >= 15 is 0 Å². The highest BCUT2D eigenvalue weighted by molar-refractivity contribution is 5.66. The van der Waals surface area contributed by atoms with Crippen molar-refractivity contribution in [3.05, 3.63) is 94.1 Å². The fourth-order valence-corrected chi connectivity index (χ4v) is 1.50. The van der Waals surface area contributed by atoms with Gasteiger partial charge in [-0.2, -0.15) is 5.26 Å². The van der Waals surface area contributed by atoms with E-state index in [-0.39, 0.29) is 5.69 Å². The Hall–Kier alpha value is -3.52. The molecular formula is C18H14N2O3. The molecular weight excluding hydrogens is 292 g/mol. The van der Waals surface area contributed by atoms with E-state index in [9.17, 15) is 14.9 Å². The van der Waals surface area contributed by atoms with E-state index in [1.807, 2.05) is 24.3 Å². The topological polar surface area (TPSA) is 84.0 Å². The summed E-state index contributed by atoms with van der Waals surface area (Å²) >= 11 is 0. The van der Waals surface area contributed by atoms with Gasteiger partial charge in [0.2, 0.25) is 0 Å². The quantitative estimate of drug-likeness (QED) is 0.282. The second kappa shape index (κ2) is 10.2. The smallest absolute Gasteiger partial charge is 0.269 e. The highest BCUT2D eigenvalue weighted by Gasteiger charge is 2.01. The van der Waals surface area contributed by atoms with Crippen LogP contribution in [0.15, 0.2) is 72.8 Å². The number of aldehydes is 1. The molecule has 2 aromatic carbocycles. The van der Waals surface area contributed by atoms with Gasteiger partial charge in [-0.3, -0.25) is 14.9 Å². The fraction of sp³-hybridized carbons (Fsp3) is 0. The average molecular weight is 306 g/mol. The molecule has 114 valence electrons. The molecule has 2 rings (SSSR count). The number of carbonyl (C=O) groups excluding carboxylic acids is 1. The molecule has 0 saturated heterocycles. The lowest BCUT2D eigenvalue weighted by Gasteiger charge is -1.92. The molecule has 0 saturated carbocycles. The molecule has 0 bridgehead atoms. The van der Waals surface area contributed by atoms with Gasteiger partial charge in [-0.15, -0.1) is 0 Å². The zero-order chi connectivity index (χ0) is 16.9. The number of hydrogen-bond acceptors (Lipinski definition) is 4. The van der Waals surface area contributed by atoms with Gasteiger partial charge in [0.1, 0.15) is 6.29 Å². The summed E-state index contributed by atoms with van der Waals surface area (Å²) in [5.41, 5.74) is 1.62. The lowest BCUT2D eigenvalue weighted by molar-refractivity contribution is -0.384. The molecule has 0 heterocycles. The molecule has 0 N–H and O–H groups in total. The number of non-ortho nitro benzene ring substituents is 1. The normalized spacial score (nSPS) is 9.87. The zero-order valence-electron chi connectivity index (χ0n) is 12.2. The lowest BCUT2D eigenvalue weighted by atomic mass is 10.2. The van der Waals surface area contributed by atoms with Crippen LogP contribution in [0.2, 0.25) is 0 Å². The number of nitriles is 1. The van der Waals surface area contributed by atoms with Crippen molar-refractivity contribution in [2.24, 2.45) is 0 Å². The number of allylic oxidation sites excluding steroid dienone is 3. The Balaban J connectivity index is 0.000000277. The summed E-state index contributed by atoms with van der Waals surface area (Å²) in [6.07, 6.45) is 7.08. The molecule has 0 spiro atoms. The largest absolute Gasteiger partial charge is 0.299 e. The highest BCUT2D eigenvalue weighted by Crippen LogP contribution is 2.12. The average Bonchev–Trinajstić information content (AvgIpc) is 2.60. The van der Waals surface area contributed by atoms with Crippen molar-refractivity contribution in [2.75, 3.05) is 0 Å². The summed E-state index contributed by atoms with van der Waals surface area (Å²) < 4.78 is 0. The number of nitro groups is 1. The van der Waals surface area contributed by atoms with Gasteiger partial charge < -0.3 is 0 Å². The molecule has 0 aliphatic rings. The van der Waals surface area contributed by atoms with Crippen molar-refractivity contribution < 1.29 is 9.72 Å². The molecule has 0 aliphatic heterocycles. The molecule has 5 nitrogen and oxygen atoms in total. The summed E-state index contributed by atoms with van der Waals surface area (Å²) in [6, 6.07) is 17.3. The molecule has 5 heteroatoms. The first-order valence-electron chi connectivity index (χ1n) is 6.65. The van der Waals surface area contributed by atoms with Crippen LogP contribution in [0, 0.1) is 21.4 Å². The van der Waals surface area contributed by atoms with Crippen LogP contribution in [-0.2, 0) is 4.79 Å². The summed E-state index contributed by atoms with van der Waals surface area (Å²) in [5, 5.41) is 18.6. The van der Waals surface area contributed by atoms with Crippen LogP contribution in [0.5, 0.6) is 0 Å². The summed E-state index contributed by atoms with van der Waals surface area (Å²) in [4.78, 5) is 19.8. The molecule has 0 unspecified atom stereocenters. The van der Waals surface area contributed by atoms with E-state index < -0.39 is 4.92 Å². The molecule has 0 atom stereocenters. The first-order valence-corrected chi connectivity index (χ1v) is 6.65. The third-order valence-electron chi connectivity index (χ3n) is 2.60. The monoisotopic (exact) mass is 306 g/mol. The Morgan fingerprint density at radius 1 is 0.957 bits per heavy atom. The van der Waals surface area contributed by atoms with Crippen LogP contribution in [0.1, 0.15) is 11.1 Å². The minimum atomic E-state index is -0.445. The Bertz CT molecular complexity index is 727. The van der Waals surface area contributed by atoms with E-state index in [0.29, 0.717) is 11.8 Å². The minimum Gasteiger partial charge on any atom is -0.299 e. The Labute approximate surface area is 134 Å². The first-order chi connectivity index (χ1) is 11.2. The van der Waals surface area contributed by atoms with Crippen LogP contribution < -0.4 is 0 Å². The third kappa shape index (κ3) is 7.16. The summed E-state index contributed by atoms with van der Waals surface area (Å²) in [7, 11) is 0. The molecule has 0 amide bonds. The number of nitro benzene ring substituents is 1. The van der Waals surface area contributed by atoms with Crippen molar-refractivity contribution in [3.63, 3.8) is 0 Å². The highest BCUT2D eigenvalue weighted by atomic mass is 16.6. The number of benzene rings is 2. The molecule has 23 heavy (non-hydrogen) atoms. The van der Waals surface area contributed by atoms with E-state index in [1.54, 1.807) is 42.5 Å². The second-order valence-electron chi connectivity index (χ2n) is 4.21. The number of nitrogens with zero attached hydrogens (tertiary/aromatic N) is 2. The van der Waals surface area contributed by atoms with E-state index in [4.69, 9.17) is 5.26 Å². The van der Waals surface area contributed by atoms with Crippen LogP contribution in [0.25, 0.3) is 6.08 Å². The van der Waals surface area contributed by atoms with Crippen LogP contribution in [-0.4, -0.2) is 11.2 Å². The van der Waals surface area contributed by atoms with Gasteiger partial charge in [0.05, 0.1) is 16.6 Å². The predicted octanol–water partition coefficient (Wildman–Crippen LogP) is 3.92. The molecule has 0 radical (unpaired) electrons. The van der Waals surface area contributed by atoms with Gasteiger partial charge in [-0.25, -0.2) is 0 Å². The minimum absolute atomic E-state index is 0.0654. The Morgan fingerprint density at radius 2 is 1.61 bits per heavy atom. The van der Waals surface area contributed by atoms with Crippen molar-refractivity contribution in [3.8, 4) is 6.07 Å². The van der Waals surface area contributed by atoms with E-state index in [0.717, 1.165) is 5.56 Å². The standard InChI is InChI=1S/C11H9NO3.C7H5N/c13-9-3-1-2-4-10-5-7-11(8-6-10)12(14)15;8-6-7-4-2-1-3-5-7/h1-9H;1-5H/b3-1+,4-2+;. The van der Waals surface area contributed by atoms with Crippen molar-refractivity contribution in [1.82, 2.24) is 0 Å². The maximum absolute atomic E-state index is 10.3. The van der Waals surface area contributed by atoms with E-state index in [2.05, 4.69) is 0 Å². The number of hydrogen-bond donors (Lipinski definition) is 0. The number of rotatable bonds is 4. The van der Waals surface area contributed by atoms with Gasteiger partial charge in [-0.05, 0) is 35.9 Å². The van der Waals surface area contributed by atoms with Gasteiger partial charge in [0.15, 0.2) is 0 Å². The van der Waals surface area contributed by atoms with E-state index in [1.165, 1.54) is 18.2 Å². The Kier molecular flexibility index (Phi) is 7.81. The fourth-order valence-electron chi connectivity index (χ4n) is 1.50. The number of carbonyl (C=O) groups is 1. The molecule has 0 aliphatic carbocycles. The Morgan fingerprint density at radius 3 is 2.09 bits per heavy atom. The third-order valence-corrected chi connectivity index (χ3v) is 2.60. The van der Waals surface area contributed by atoms with Crippen molar-refractivity contribution >= 4 is 18.0 Å². The van der Waals surface area contributed by atoms with Gasteiger partial charge >= 0.3 is 0 Å². The molecule has 0 aromatic heterocycles. The van der Waals surface area contributed by atoms with Crippen molar-refractivity contribution in [2.45, 2.75) is 0 Å².